The quantitative estimate of drug-likeness (QED) is 0.621. The molecule has 0 spiro atoms. The van der Waals surface area contributed by atoms with E-state index in [1.807, 2.05) is 18.2 Å². The molecular formula is C10H12Br2O2S. The van der Waals surface area contributed by atoms with Crippen molar-refractivity contribution in [1.82, 2.24) is 0 Å². The molecule has 84 valence electrons. The second-order valence-corrected chi connectivity index (χ2v) is 4.89. The molecule has 5 heteroatoms. The van der Waals surface area contributed by atoms with Crippen LogP contribution in [0, 0.1) is 0 Å². The first-order valence-electron chi connectivity index (χ1n) is 4.51. The number of para-hydroxylation sites is 1. The Morgan fingerprint density at radius 2 is 1.73 bits per heavy atom. The molecule has 0 radical (unpaired) electrons. The number of ether oxygens (including phenoxy) is 2. The van der Waals surface area contributed by atoms with Crippen LogP contribution in [-0.4, -0.2) is 25.6 Å². The highest BCUT2D eigenvalue weighted by Gasteiger charge is 2.04. The molecule has 0 N–H and O–H groups in total. The number of rotatable bonds is 6. The maximum atomic E-state index is 5.57. The SMILES string of the molecule is SCCOCCOc1c(Br)cccc1Br. The number of hydrogen-bond donors (Lipinski definition) is 1. The largest absolute Gasteiger partial charge is 0.489 e. The van der Waals surface area contributed by atoms with Crippen molar-refractivity contribution < 1.29 is 9.47 Å². The zero-order valence-electron chi connectivity index (χ0n) is 8.08. The Morgan fingerprint density at radius 1 is 1.07 bits per heavy atom. The normalized spacial score (nSPS) is 10.3. The average Bonchev–Trinajstić information content (AvgIpc) is 2.21. The van der Waals surface area contributed by atoms with Crippen LogP contribution >= 0.6 is 44.5 Å². The average molecular weight is 356 g/mol. The molecule has 0 bridgehead atoms. The molecule has 0 aliphatic heterocycles. The molecule has 0 aliphatic rings. The lowest BCUT2D eigenvalue weighted by molar-refractivity contribution is 0.111. The van der Waals surface area contributed by atoms with Gasteiger partial charge in [-0.05, 0) is 44.0 Å². The van der Waals surface area contributed by atoms with Gasteiger partial charge in [0.15, 0.2) is 0 Å². The summed E-state index contributed by atoms with van der Waals surface area (Å²) in [5.41, 5.74) is 0. The van der Waals surface area contributed by atoms with Gasteiger partial charge in [-0.25, -0.2) is 0 Å². The molecule has 0 unspecified atom stereocenters. The first-order chi connectivity index (χ1) is 7.25. The Morgan fingerprint density at radius 3 is 2.33 bits per heavy atom. The van der Waals surface area contributed by atoms with Crippen LogP contribution in [0.1, 0.15) is 0 Å². The molecule has 0 saturated heterocycles. The summed E-state index contributed by atoms with van der Waals surface area (Å²) in [5, 5.41) is 0. The van der Waals surface area contributed by atoms with E-state index in [0.29, 0.717) is 19.8 Å². The Hall–Kier alpha value is 0.290. The molecule has 0 aliphatic carbocycles. The summed E-state index contributed by atoms with van der Waals surface area (Å²) in [6.07, 6.45) is 0. The second-order valence-electron chi connectivity index (χ2n) is 2.74. The molecule has 0 atom stereocenters. The summed E-state index contributed by atoms with van der Waals surface area (Å²) < 4.78 is 12.7. The highest BCUT2D eigenvalue weighted by Crippen LogP contribution is 2.32. The van der Waals surface area contributed by atoms with Crippen molar-refractivity contribution >= 4 is 44.5 Å². The van der Waals surface area contributed by atoms with Crippen molar-refractivity contribution in [3.05, 3.63) is 27.1 Å². The fourth-order valence-electron chi connectivity index (χ4n) is 0.990. The number of hydrogen-bond acceptors (Lipinski definition) is 3. The van der Waals surface area contributed by atoms with E-state index in [1.165, 1.54) is 0 Å². The maximum Gasteiger partial charge on any atom is 0.147 e. The zero-order valence-corrected chi connectivity index (χ0v) is 12.1. The van der Waals surface area contributed by atoms with Gasteiger partial charge in [0.1, 0.15) is 12.4 Å². The lowest BCUT2D eigenvalue weighted by Gasteiger charge is -2.09. The smallest absolute Gasteiger partial charge is 0.147 e. The van der Waals surface area contributed by atoms with E-state index in [4.69, 9.17) is 9.47 Å². The van der Waals surface area contributed by atoms with Crippen LogP contribution in [0.2, 0.25) is 0 Å². The van der Waals surface area contributed by atoms with Crippen molar-refractivity contribution in [2.24, 2.45) is 0 Å². The highest BCUT2D eigenvalue weighted by atomic mass is 79.9. The first-order valence-corrected chi connectivity index (χ1v) is 6.73. The minimum absolute atomic E-state index is 0.537. The molecule has 15 heavy (non-hydrogen) atoms. The van der Waals surface area contributed by atoms with Crippen LogP contribution < -0.4 is 4.74 Å². The highest BCUT2D eigenvalue weighted by molar-refractivity contribution is 9.11. The van der Waals surface area contributed by atoms with Gasteiger partial charge < -0.3 is 9.47 Å². The molecule has 0 amide bonds. The van der Waals surface area contributed by atoms with E-state index < -0.39 is 0 Å². The molecule has 0 saturated carbocycles. The van der Waals surface area contributed by atoms with E-state index in [-0.39, 0.29) is 0 Å². The van der Waals surface area contributed by atoms with Crippen molar-refractivity contribution in [3.8, 4) is 5.75 Å². The summed E-state index contributed by atoms with van der Waals surface area (Å²) in [6, 6.07) is 5.82. The topological polar surface area (TPSA) is 18.5 Å². The van der Waals surface area contributed by atoms with E-state index in [9.17, 15) is 0 Å². The van der Waals surface area contributed by atoms with Crippen LogP contribution in [0.4, 0.5) is 0 Å². The molecule has 2 nitrogen and oxygen atoms in total. The lowest BCUT2D eigenvalue weighted by atomic mass is 10.3. The van der Waals surface area contributed by atoms with Gasteiger partial charge in [-0.2, -0.15) is 12.6 Å². The molecule has 0 aromatic heterocycles. The Bertz CT molecular complexity index is 287. The molecule has 1 aromatic rings. The summed E-state index contributed by atoms with van der Waals surface area (Å²) >= 11 is 10.9. The van der Waals surface area contributed by atoms with E-state index in [0.717, 1.165) is 20.4 Å². The van der Waals surface area contributed by atoms with E-state index in [1.54, 1.807) is 0 Å². The van der Waals surface area contributed by atoms with Crippen molar-refractivity contribution in [2.45, 2.75) is 0 Å². The van der Waals surface area contributed by atoms with Gasteiger partial charge in [-0.15, -0.1) is 0 Å². The van der Waals surface area contributed by atoms with Crippen molar-refractivity contribution in [1.29, 1.82) is 0 Å². The van der Waals surface area contributed by atoms with Gasteiger partial charge in [0.25, 0.3) is 0 Å². The van der Waals surface area contributed by atoms with Gasteiger partial charge in [-0.3, -0.25) is 0 Å². The fourth-order valence-corrected chi connectivity index (χ4v) is 2.35. The number of halogens is 2. The number of thiol groups is 1. The predicted octanol–water partition coefficient (Wildman–Crippen LogP) is 3.54. The van der Waals surface area contributed by atoms with Crippen LogP contribution in [0.5, 0.6) is 5.75 Å². The Balaban J connectivity index is 2.37. The summed E-state index contributed by atoms with van der Waals surface area (Å²) in [4.78, 5) is 0. The van der Waals surface area contributed by atoms with Crippen LogP contribution in [0.15, 0.2) is 27.1 Å². The second kappa shape index (κ2) is 7.54. The van der Waals surface area contributed by atoms with Gasteiger partial charge in [0.2, 0.25) is 0 Å². The molecule has 1 aromatic carbocycles. The molecular weight excluding hydrogens is 344 g/mol. The van der Waals surface area contributed by atoms with Gasteiger partial charge in [0.05, 0.1) is 22.2 Å². The monoisotopic (exact) mass is 354 g/mol. The summed E-state index contributed by atoms with van der Waals surface area (Å²) in [7, 11) is 0. The third kappa shape index (κ3) is 4.76. The molecule has 1 rings (SSSR count). The van der Waals surface area contributed by atoms with Crippen molar-refractivity contribution in [2.75, 3.05) is 25.6 Å². The summed E-state index contributed by atoms with van der Waals surface area (Å²) in [5.74, 6) is 1.55. The standard InChI is InChI=1S/C10H12Br2O2S/c11-8-2-1-3-9(12)10(8)14-5-4-13-6-7-15/h1-3,15H,4-7H2. The molecule has 0 fully saturated rings. The van der Waals surface area contributed by atoms with Crippen molar-refractivity contribution in [3.63, 3.8) is 0 Å². The first kappa shape index (κ1) is 13.4. The summed E-state index contributed by atoms with van der Waals surface area (Å²) in [6.45, 7) is 1.77. The van der Waals surface area contributed by atoms with Crippen LogP contribution in [-0.2, 0) is 4.74 Å². The zero-order chi connectivity index (χ0) is 11.1. The number of benzene rings is 1. The van der Waals surface area contributed by atoms with Gasteiger partial charge in [0, 0.05) is 5.75 Å². The molecule has 0 heterocycles. The Kier molecular flexibility index (Phi) is 6.72. The Labute approximate surface area is 112 Å². The van der Waals surface area contributed by atoms with E-state index in [2.05, 4.69) is 44.5 Å². The van der Waals surface area contributed by atoms with Crippen LogP contribution in [0.25, 0.3) is 0 Å². The maximum absolute atomic E-state index is 5.57. The van der Waals surface area contributed by atoms with Gasteiger partial charge >= 0.3 is 0 Å². The predicted molar refractivity (Wildman–Crippen MR) is 72.0 cm³/mol. The third-order valence-corrected chi connectivity index (χ3v) is 3.06. The minimum atomic E-state index is 0.537. The van der Waals surface area contributed by atoms with Gasteiger partial charge in [-0.1, -0.05) is 6.07 Å². The lowest BCUT2D eigenvalue weighted by Crippen LogP contribution is -2.08. The van der Waals surface area contributed by atoms with Crippen LogP contribution in [0.3, 0.4) is 0 Å². The fraction of sp³-hybridized carbons (Fsp3) is 0.400. The minimum Gasteiger partial charge on any atom is -0.489 e. The third-order valence-electron chi connectivity index (χ3n) is 1.63. The van der Waals surface area contributed by atoms with E-state index >= 15 is 0 Å².